The molecule has 4 nitrogen and oxygen atoms in total. The van der Waals surface area contributed by atoms with Crippen LogP contribution in [0.1, 0.15) is 38.2 Å². The summed E-state index contributed by atoms with van der Waals surface area (Å²) in [6, 6.07) is 6.07. The maximum atomic E-state index is 10.9. The molecule has 2 rings (SSSR count). The highest BCUT2D eigenvalue weighted by molar-refractivity contribution is 9.10. The predicted octanol–water partition coefficient (Wildman–Crippen LogP) is 4.12. The van der Waals surface area contributed by atoms with E-state index in [1.54, 1.807) is 12.1 Å². The standard InChI is InChI=1S/C14H19BrN2O2/c1-2-16(12-5-3-4-6-12)10-11-7-8-13(15)14(9-11)17(18)19/h7-9,12H,2-6,10H2,1H3. The van der Waals surface area contributed by atoms with Gasteiger partial charge in [-0.05, 0) is 46.9 Å². The summed E-state index contributed by atoms with van der Waals surface area (Å²) in [6.07, 6.45) is 5.13. The van der Waals surface area contributed by atoms with Crippen molar-refractivity contribution in [2.24, 2.45) is 0 Å². The van der Waals surface area contributed by atoms with Gasteiger partial charge in [0, 0.05) is 18.7 Å². The minimum atomic E-state index is -0.334. The fourth-order valence-corrected chi connectivity index (χ4v) is 3.19. The van der Waals surface area contributed by atoms with Crippen LogP contribution in [0.25, 0.3) is 0 Å². The Bertz CT molecular complexity index is 459. The smallest absolute Gasteiger partial charge is 0.283 e. The van der Waals surface area contributed by atoms with E-state index in [1.807, 2.05) is 6.07 Å². The van der Waals surface area contributed by atoms with E-state index in [9.17, 15) is 10.1 Å². The van der Waals surface area contributed by atoms with Gasteiger partial charge in [0.2, 0.25) is 0 Å². The van der Waals surface area contributed by atoms with Crippen LogP contribution in [0.3, 0.4) is 0 Å². The van der Waals surface area contributed by atoms with Crippen LogP contribution in [0.4, 0.5) is 5.69 Å². The molecule has 1 saturated carbocycles. The third kappa shape index (κ3) is 3.54. The molecular weight excluding hydrogens is 308 g/mol. The molecule has 1 aliphatic carbocycles. The lowest BCUT2D eigenvalue weighted by Gasteiger charge is -2.27. The fourth-order valence-electron chi connectivity index (χ4n) is 2.80. The molecule has 0 N–H and O–H groups in total. The van der Waals surface area contributed by atoms with Gasteiger partial charge in [-0.25, -0.2) is 0 Å². The number of nitro groups is 1. The minimum absolute atomic E-state index is 0.153. The van der Waals surface area contributed by atoms with Crippen molar-refractivity contribution >= 4 is 21.6 Å². The Balaban J connectivity index is 2.12. The van der Waals surface area contributed by atoms with E-state index in [2.05, 4.69) is 27.8 Å². The van der Waals surface area contributed by atoms with Crippen molar-refractivity contribution < 1.29 is 4.92 Å². The van der Waals surface area contributed by atoms with E-state index in [0.29, 0.717) is 10.5 Å². The van der Waals surface area contributed by atoms with E-state index in [0.717, 1.165) is 18.7 Å². The molecule has 0 saturated heterocycles. The van der Waals surface area contributed by atoms with Gasteiger partial charge in [0.05, 0.1) is 9.40 Å². The second-order valence-electron chi connectivity index (χ2n) is 5.04. The molecule has 104 valence electrons. The van der Waals surface area contributed by atoms with Crippen molar-refractivity contribution in [3.05, 3.63) is 38.3 Å². The molecule has 0 heterocycles. The first-order valence-corrected chi connectivity index (χ1v) is 7.58. The summed E-state index contributed by atoms with van der Waals surface area (Å²) >= 11 is 3.23. The van der Waals surface area contributed by atoms with Crippen LogP contribution in [0, 0.1) is 10.1 Å². The molecular formula is C14H19BrN2O2. The maximum absolute atomic E-state index is 10.9. The lowest BCUT2D eigenvalue weighted by Crippen LogP contribution is -2.32. The summed E-state index contributed by atoms with van der Waals surface area (Å²) < 4.78 is 0.546. The summed E-state index contributed by atoms with van der Waals surface area (Å²) in [7, 11) is 0. The summed E-state index contributed by atoms with van der Waals surface area (Å²) in [5.74, 6) is 0. The highest BCUT2D eigenvalue weighted by Crippen LogP contribution is 2.28. The maximum Gasteiger partial charge on any atom is 0.283 e. The third-order valence-corrected chi connectivity index (χ3v) is 4.51. The highest BCUT2D eigenvalue weighted by Gasteiger charge is 2.22. The van der Waals surface area contributed by atoms with Crippen molar-refractivity contribution in [3.63, 3.8) is 0 Å². The van der Waals surface area contributed by atoms with Gasteiger partial charge in [0.1, 0.15) is 0 Å². The molecule has 0 aromatic heterocycles. The second-order valence-corrected chi connectivity index (χ2v) is 5.90. The van der Waals surface area contributed by atoms with Gasteiger partial charge in [0.25, 0.3) is 5.69 Å². The third-order valence-electron chi connectivity index (χ3n) is 3.84. The topological polar surface area (TPSA) is 46.4 Å². The molecule has 1 aromatic rings. The Morgan fingerprint density at radius 1 is 1.42 bits per heavy atom. The van der Waals surface area contributed by atoms with Crippen LogP contribution in [-0.4, -0.2) is 22.4 Å². The first kappa shape index (κ1) is 14.5. The molecule has 1 aliphatic rings. The normalized spacial score (nSPS) is 16.2. The second kappa shape index (κ2) is 6.48. The van der Waals surface area contributed by atoms with Gasteiger partial charge < -0.3 is 0 Å². The molecule has 0 amide bonds. The molecule has 1 fully saturated rings. The van der Waals surface area contributed by atoms with E-state index >= 15 is 0 Å². The Morgan fingerprint density at radius 3 is 2.68 bits per heavy atom. The predicted molar refractivity (Wildman–Crippen MR) is 79.1 cm³/mol. The summed E-state index contributed by atoms with van der Waals surface area (Å²) in [5, 5.41) is 10.9. The molecule has 5 heteroatoms. The average Bonchev–Trinajstić information content (AvgIpc) is 2.91. The molecule has 0 aliphatic heterocycles. The van der Waals surface area contributed by atoms with E-state index in [1.165, 1.54) is 25.7 Å². The number of nitro benzene ring substituents is 1. The number of hydrogen-bond donors (Lipinski definition) is 0. The zero-order chi connectivity index (χ0) is 13.8. The number of halogens is 1. The van der Waals surface area contributed by atoms with Gasteiger partial charge in [-0.15, -0.1) is 0 Å². The van der Waals surface area contributed by atoms with Crippen molar-refractivity contribution in [2.45, 2.75) is 45.2 Å². The van der Waals surface area contributed by atoms with Gasteiger partial charge in [-0.2, -0.15) is 0 Å². The van der Waals surface area contributed by atoms with Crippen LogP contribution in [0.15, 0.2) is 22.7 Å². The fraction of sp³-hybridized carbons (Fsp3) is 0.571. The summed E-state index contributed by atoms with van der Waals surface area (Å²) in [4.78, 5) is 13.0. The first-order chi connectivity index (χ1) is 9.11. The SMILES string of the molecule is CCN(Cc1ccc(Br)c([N+](=O)[O-])c1)C1CCCC1. The molecule has 0 spiro atoms. The van der Waals surface area contributed by atoms with E-state index in [4.69, 9.17) is 0 Å². The van der Waals surface area contributed by atoms with Crippen LogP contribution in [0.5, 0.6) is 0 Å². The van der Waals surface area contributed by atoms with Crippen LogP contribution in [-0.2, 0) is 6.54 Å². The highest BCUT2D eigenvalue weighted by atomic mass is 79.9. The van der Waals surface area contributed by atoms with Gasteiger partial charge >= 0.3 is 0 Å². The zero-order valence-corrected chi connectivity index (χ0v) is 12.7. The van der Waals surface area contributed by atoms with Gasteiger partial charge in [-0.3, -0.25) is 15.0 Å². The molecule has 19 heavy (non-hydrogen) atoms. The van der Waals surface area contributed by atoms with Gasteiger partial charge in [0.15, 0.2) is 0 Å². The van der Waals surface area contributed by atoms with Crippen molar-refractivity contribution in [2.75, 3.05) is 6.54 Å². The van der Waals surface area contributed by atoms with Gasteiger partial charge in [-0.1, -0.05) is 25.8 Å². The van der Waals surface area contributed by atoms with Crippen LogP contribution >= 0.6 is 15.9 Å². The number of hydrogen-bond acceptors (Lipinski definition) is 3. The lowest BCUT2D eigenvalue weighted by atomic mass is 10.1. The van der Waals surface area contributed by atoms with Crippen LogP contribution in [0.2, 0.25) is 0 Å². The lowest BCUT2D eigenvalue weighted by molar-refractivity contribution is -0.385. The molecule has 0 atom stereocenters. The average molecular weight is 327 g/mol. The number of benzene rings is 1. The van der Waals surface area contributed by atoms with E-state index < -0.39 is 0 Å². The number of nitrogens with zero attached hydrogens (tertiary/aromatic N) is 2. The molecule has 0 unspecified atom stereocenters. The quantitative estimate of drug-likeness (QED) is 0.604. The van der Waals surface area contributed by atoms with Crippen molar-refractivity contribution in [3.8, 4) is 0 Å². The Morgan fingerprint density at radius 2 is 2.11 bits per heavy atom. The first-order valence-electron chi connectivity index (χ1n) is 6.78. The Hall–Kier alpha value is -0.940. The zero-order valence-electron chi connectivity index (χ0n) is 11.1. The van der Waals surface area contributed by atoms with E-state index in [-0.39, 0.29) is 10.6 Å². The summed E-state index contributed by atoms with van der Waals surface area (Å²) in [5.41, 5.74) is 1.17. The van der Waals surface area contributed by atoms with Crippen LogP contribution < -0.4 is 0 Å². The Labute approximate surface area is 122 Å². The summed E-state index contributed by atoms with van der Waals surface area (Å²) in [6.45, 7) is 3.95. The van der Waals surface area contributed by atoms with Crippen molar-refractivity contribution in [1.29, 1.82) is 0 Å². The number of rotatable bonds is 5. The molecule has 1 aromatic carbocycles. The molecule has 0 bridgehead atoms. The monoisotopic (exact) mass is 326 g/mol. The molecule has 0 radical (unpaired) electrons. The Kier molecular flexibility index (Phi) is 4.93. The largest absolute Gasteiger partial charge is 0.296 e. The minimum Gasteiger partial charge on any atom is -0.296 e. The van der Waals surface area contributed by atoms with Crippen molar-refractivity contribution in [1.82, 2.24) is 4.90 Å².